The quantitative estimate of drug-likeness (QED) is 0.116. The number of halogens is 2. The second kappa shape index (κ2) is 21.0. The zero-order valence-electron chi connectivity index (χ0n) is 32.8. The van der Waals surface area contributed by atoms with Gasteiger partial charge in [-0.05, 0) is 58.8 Å². The fraction of sp³-hybridized carbons (Fsp3) is 0.375. The Labute approximate surface area is 337 Å². The van der Waals surface area contributed by atoms with E-state index in [1.54, 1.807) is 0 Å². The summed E-state index contributed by atoms with van der Waals surface area (Å²) in [4.78, 5) is 0. The summed E-state index contributed by atoms with van der Waals surface area (Å²) in [5.41, 5.74) is 11.4. The van der Waals surface area contributed by atoms with Crippen LogP contribution in [0.25, 0.3) is 43.8 Å². The van der Waals surface area contributed by atoms with Gasteiger partial charge >= 0.3 is 37.9 Å². The van der Waals surface area contributed by atoms with E-state index in [0.29, 0.717) is 5.92 Å². The Kier molecular flexibility index (Phi) is 17.2. The van der Waals surface area contributed by atoms with Gasteiger partial charge in [0.1, 0.15) is 0 Å². The van der Waals surface area contributed by atoms with Crippen LogP contribution in [0.1, 0.15) is 114 Å². The summed E-state index contributed by atoms with van der Waals surface area (Å²) in [7, 11) is 11.0. The van der Waals surface area contributed by atoms with Crippen LogP contribution < -0.4 is 0 Å². The average molecular weight is 825 g/mol. The molecule has 4 heteroatoms. The van der Waals surface area contributed by atoms with Crippen molar-refractivity contribution in [1.29, 1.82) is 0 Å². The van der Waals surface area contributed by atoms with E-state index in [-0.39, 0.29) is 5.41 Å². The number of aryl methyl sites for hydroxylation is 1. The molecule has 272 valence electrons. The molecule has 0 spiro atoms. The summed E-state index contributed by atoms with van der Waals surface area (Å²) < 4.78 is 0. The number of benzene rings is 4. The Morgan fingerprint density at radius 2 is 1.23 bits per heavy atom. The van der Waals surface area contributed by atoms with Gasteiger partial charge in [0, 0.05) is 9.52 Å². The molecule has 52 heavy (non-hydrogen) atoms. The standard InChI is InChI=1S/C23H25.C23H27.C2H6Si.2ClH.Zr/c1-2-17-15-21-9-6-10-22(23(21)16-17)20-13-11-19(12-14-20)18-7-4-3-5-8-18;1-6-16(2)19-14-18-8-7-9-21(22(18)15-19)17-10-12-20(13-11-17)23(3,4)5;1-3-2;;;/h6,9-16,18H,2-5,7-8H2,1H3;7-16H,6H2,1-5H3;1-2H3;2*1H;/q2*-1;;;;+4/p-2. The van der Waals surface area contributed by atoms with Crippen molar-refractivity contribution in [3.63, 3.8) is 0 Å². The van der Waals surface area contributed by atoms with E-state index >= 15 is 0 Å². The molecule has 0 heterocycles. The molecule has 6 aromatic carbocycles. The van der Waals surface area contributed by atoms with E-state index in [4.69, 9.17) is 17.0 Å². The first kappa shape index (κ1) is 42.5. The van der Waals surface area contributed by atoms with Crippen LogP contribution in [-0.2, 0) is 32.7 Å². The van der Waals surface area contributed by atoms with Crippen molar-refractivity contribution in [2.45, 2.75) is 117 Å². The minimum absolute atomic E-state index is 0.203. The first-order chi connectivity index (χ1) is 25.1. The van der Waals surface area contributed by atoms with Crippen molar-refractivity contribution >= 4 is 48.1 Å². The van der Waals surface area contributed by atoms with Crippen LogP contribution in [0.15, 0.2) is 109 Å². The Hall–Kier alpha value is -2.22. The van der Waals surface area contributed by atoms with E-state index in [9.17, 15) is 0 Å². The Bertz CT molecular complexity index is 1920. The van der Waals surface area contributed by atoms with E-state index in [1.807, 2.05) is 0 Å². The molecule has 1 fully saturated rings. The molecule has 6 aromatic rings. The molecule has 2 radical (unpaired) electrons. The zero-order valence-corrected chi connectivity index (χ0v) is 37.7. The van der Waals surface area contributed by atoms with E-state index in [1.165, 1.54) is 105 Å². The Morgan fingerprint density at radius 1 is 0.731 bits per heavy atom. The van der Waals surface area contributed by atoms with E-state index in [2.05, 4.69) is 164 Å². The first-order valence-corrected chi connectivity index (χ1v) is 27.5. The van der Waals surface area contributed by atoms with Crippen LogP contribution >= 0.6 is 17.0 Å². The van der Waals surface area contributed by atoms with Gasteiger partial charge in [0.05, 0.1) is 0 Å². The number of hydrogen-bond acceptors (Lipinski definition) is 0. The molecule has 1 saturated carbocycles. The second-order valence-electron chi connectivity index (χ2n) is 15.3. The summed E-state index contributed by atoms with van der Waals surface area (Å²) in [6.07, 6.45) is 9.27. The third kappa shape index (κ3) is 11.4. The van der Waals surface area contributed by atoms with Crippen LogP contribution in [0.4, 0.5) is 0 Å². The van der Waals surface area contributed by atoms with E-state index in [0.717, 1.165) is 21.9 Å². The summed E-state index contributed by atoms with van der Waals surface area (Å²) in [6, 6.07) is 41.2. The maximum absolute atomic E-state index is 4.93. The topological polar surface area (TPSA) is 0 Å². The molecule has 0 amide bonds. The predicted molar refractivity (Wildman–Crippen MR) is 232 cm³/mol. The summed E-state index contributed by atoms with van der Waals surface area (Å²) in [5, 5.41) is 5.51. The molecular weight excluding hydrogens is 767 g/mol. The van der Waals surface area contributed by atoms with Crippen molar-refractivity contribution in [3.05, 3.63) is 131 Å². The minimum atomic E-state index is -0.826. The summed E-state index contributed by atoms with van der Waals surface area (Å²) >= 11 is -0.826. The molecule has 0 N–H and O–H groups in total. The van der Waals surface area contributed by atoms with Gasteiger partial charge in [0.25, 0.3) is 0 Å². The summed E-state index contributed by atoms with van der Waals surface area (Å²) in [5.74, 6) is 1.41. The third-order valence-electron chi connectivity index (χ3n) is 10.5. The molecule has 0 nitrogen and oxygen atoms in total. The van der Waals surface area contributed by atoms with Crippen molar-refractivity contribution in [2.24, 2.45) is 0 Å². The van der Waals surface area contributed by atoms with Gasteiger partial charge in [-0.2, -0.15) is 12.1 Å². The summed E-state index contributed by atoms with van der Waals surface area (Å²) in [6.45, 7) is 17.9. The fourth-order valence-corrected chi connectivity index (χ4v) is 7.30. The SMILES string of the molecule is CCC(C)c1cc2c(-c3ccc(C(C)(C)C)cc3)cccc2[cH-]1.CCc1cc2c(-c3ccc(C4CCCCC4)cc3)cccc2[cH-]1.C[Si]C.[Cl][Zr+2][Cl]. The van der Waals surface area contributed by atoms with Crippen LogP contribution in [0.5, 0.6) is 0 Å². The molecular formula is C48H58Cl2SiZr. The predicted octanol–water partition coefficient (Wildman–Crippen LogP) is 16.0. The molecule has 0 saturated heterocycles. The molecule has 0 aromatic heterocycles. The van der Waals surface area contributed by atoms with Gasteiger partial charge in [-0.15, -0.1) is 69.1 Å². The van der Waals surface area contributed by atoms with Crippen LogP contribution in [0, 0.1) is 0 Å². The zero-order chi connectivity index (χ0) is 37.7. The second-order valence-corrected chi connectivity index (χ2v) is 20.0. The molecule has 0 bridgehead atoms. The molecule has 7 rings (SSSR count). The number of hydrogen-bond donors (Lipinski definition) is 0. The van der Waals surface area contributed by atoms with Crippen LogP contribution in [0.3, 0.4) is 0 Å². The number of fused-ring (bicyclic) bond motifs is 2. The van der Waals surface area contributed by atoms with Gasteiger partial charge in [0.15, 0.2) is 0 Å². The van der Waals surface area contributed by atoms with Crippen molar-refractivity contribution in [3.8, 4) is 22.3 Å². The van der Waals surface area contributed by atoms with Gasteiger partial charge in [-0.25, -0.2) is 0 Å². The van der Waals surface area contributed by atoms with Crippen LogP contribution in [-0.4, -0.2) is 9.52 Å². The first-order valence-electron chi connectivity index (χ1n) is 19.2. The monoisotopic (exact) mass is 822 g/mol. The molecule has 0 aliphatic heterocycles. The van der Waals surface area contributed by atoms with E-state index < -0.39 is 20.8 Å². The maximum atomic E-state index is 4.93. The number of rotatable bonds is 6. The van der Waals surface area contributed by atoms with Gasteiger partial charge in [0.2, 0.25) is 0 Å². The van der Waals surface area contributed by atoms with Crippen molar-refractivity contribution in [1.82, 2.24) is 0 Å². The van der Waals surface area contributed by atoms with Gasteiger partial charge < -0.3 is 0 Å². The van der Waals surface area contributed by atoms with Gasteiger partial charge in [-0.3, -0.25) is 0 Å². The molecule has 1 aliphatic carbocycles. The molecule has 1 aliphatic rings. The Balaban J connectivity index is 0.000000202. The molecule has 1 atom stereocenters. The third-order valence-corrected chi connectivity index (χ3v) is 10.5. The van der Waals surface area contributed by atoms with Crippen molar-refractivity contribution < 1.29 is 20.8 Å². The van der Waals surface area contributed by atoms with Gasteiger partial charge in [-0.1, -0.05) is 152 Å². The Morgan fingerprint density at radius 3 is 1.73 bits per heavy atom. The van der Waals surface area contributed by atoms with Crippen molar-refractivity contribution in [2.75, 3.05) is 0 Å². The molecule has 1 unspecified atom stereocenters. The van der Waals surface area contributed by atoms with Crippen LogP contribution in [0.2, 0.25) is 13.1 Å². The average Bonchev–Trinajstić information content (AvgIpc) is 3.80. The normalized spacial score (nSPS) is 13.6. The fourth-order valence-electron chi connectivity index (χ4n) is 7.30.